The Balaban J connectivity index is 1.76. The number of nitrogens with zero attached hydrogens (tertiary/aromatic N) is 1. The summed E-state index contributed by atoms with van der Waals surface area (Å²) in [6.45, 7) is 1.57. The second-order valence-electron chi connectivity index (χ2n) is 5.43. The lowest BCUT2D eigenvalue weighted by atomic mass is 9.94. The highest BCUT2D eigenvalue weighted by molar-refractivity contribution is 5.09. The Hall–Kier alpha value is -0.800. The van der Waals surface area contributed by atoms with Crippen molar-refractivity contribution < 1.29 is 5.11 Å². The minimum atomic E-state index is -0.467. The summed E-state index contributed by atoms with van der Waals surface area (Å²) in [6.07, 6.45) is 11.0. The SMILES string of the molecule is Cn1ccc(CNCC2(O)CCCCCC2)c1. The molecule has 3 nitrogen and oxygen atoms in total. The van der Waals surface area contributed by atoms with Gasteiger partial charge in [-0.15, -0.1) is 0 Å². The molecular formula is C14H24N2O. The zero-order valence-electron chi connectivity index (χ0n) is 10.8. The van der Waals surface area contributed by atoms with E-state index in [9.17, 15) is 5.11 Å². The van der Waals surface area contributed by atoms with E-state index in [0.29, 0.717) is 0 Å². The van der Waals surface area contributed by atoms with Crippen LogP contribution in [-0.2, 0) is 13.6 Å². The van der Waals surface area contributed by atoms with Gasteiger partial charge in [-0.1, -0.05) is 25.7 Å². The first-order valence-corrected chi connectivity index (χ1v) is 6.72. The fourth-order valence-electron chi connectivity index (χ4n) is 2.67. The molecule has 1 aromatic heterocycles. The molecule has 3 heteroatoms. The molecule has 0 bridgehead atoms. The van der Waals surface area contributed by atoms with E-state index in [2.05, 4.69) is 28.3 Å². The maximum Gasteiger partial charge on any atom is 0.0771 e. The van der Waals surface area contributed by atoms with E-state index in [1.54, 1.807) is 0 Å². The third-order valence-corrected chi connectivity index (χ3v) is 3.71. The normalized spacial score (nSPS) is 20.1. The molecule has 0 amide bonds. The molecule has 1 fully saturated rings. The number of hydrogen-bond donors (Lipinski definition) is 2. The van der Waals surface area contributed by atoms with Gasteiger partial charge in [0.05, 0.1) is 5.60 Å². The molecule has 0 spiro atoms. The molecule has 17 heavy (non-hydrogen) atoms. The standard InChI is InChI=1S/C14H24N2O/c1-16-9-6-13(11-16)10-15-12-14(17)7-4-2-3-5-8-14/h6,9,11,15,17H,2-5,7-8,10,12H2,1H3. The van der Waals surface area contributed by atoms with E-state index < -0.39 is 5.60 Å². The van der Waals surface area contributed by atoms with Crippen molar-refractivity contribution in [3.63, 3.8) is 0 Å². The van der Waals surface area contributed by atoms with Gasteiger partial charge in [-0.3, -0.25) is 0 Å². The van der Waals surface area contributed by atoms with E-state index in [1.807, 2.05) is 7.05 Å². The highest BCUT2D eigenvalue weighted by atomic mass is 16.3. The van der Waals surface area contributed by atoms with Gasteiger partial charge in [0.2, 0.25) is 0 Å². The predicted molar refractivity (Wildman–Crippen MR) is 69.8 cm³/mol. The van der Waals surface area contributed by atoms with Crippen molar-refractivity contribution in [3.05, 3.63) is 24.0 Å². The van der Waals surface area contributed by atoms with Crippen LogP contribution in [0.15, 0.2) is 18.5 Å². The number of nitrogens with one attached hydrogen (secondary N) is 1. The van der Waals surface area contributed by atoms with Crippen LogP contribution in [0.5, 0.6) is 0 Å². The second-order valence-corrected chi connectivity index (χ2v) is 5.43. The monoisotopic (exact) mass is 236 g/mol. The van der Waals surface area contributed by atoms with Crippen LogP contribution in [0.4, 0.5) is 0 Å². The van der Waals surface area contributed by atoms with Crippen molar-refractivity contribution in [1.82, 2.24) is 9.88 Å². The third kappa shape index (κ3) is 3.86. The molecule has 0 atom stereocenters. The zero-order valence-corrected chi connectivity index (χ0v) is 10.8. The van der Waals surface area contributed by atoms with Gasteiger partial charge < -0.3 is 15.0 Å². The van der Waals surface area contributed by atoms with Gasteiger partial charge in [0.25, 0.3) is 0 Å². The zero-order chi connectivity index (χ0) is 12.1. The number of aliphatic hydroxyl groups is 1. The van der Waals surface area contributed by atoms with Crippen LogP contribution in [0, 0.1) is 0 Å². The van der Waals surface area contributed by atoms with Gasteiger partial charge >= 0.3 is 0 Å². The summed E-state index contributed by atoms with van der Waals surface area (Å²) >= 11 is 0. The molecule has 0 aliphatic heterocycles. The molecule has 96 valence electrons. The number of rotatable bonds is 4. The fourth-order valence-corrected chi connectivity index (χ4v) is 2.67. The predicted octanol–water partition coefficient (Wildman–Crippen LogP) is 2.20. The molecule has 2 rings (SSSR count). The summed E-state index contributed by atoms with van der Waals surface area (Å²) in [7, 11) is 2.03. The maximum absolute atomic E-state index is 10.5. The van der Waals surface area contributed by atoms with Crippen molar-refractivity contribution >= 4 is 0 Å². The van der Waals surface area contributed by atoms with Gasteiger partial charge in [0.15, 0.2) is 0 Å². The van der Waals surface area contributed by atoms with Crippen molar-refractivity contribution in [2.45, 2.75) is 50.7 Å². The second kappa shape index (κ2) is 5.69. The molecule has 0 unspecified atom stereocenters. The lowest BCUT2D eigenvalue weighted by molar-refractivity contribution is 0.0250. The van der Waals surface area contributed by atoms with E-state index in [-0.39, 0.29) is 0 Å². The Morgan fingerprint density at radius 2 is 2.00 bits per heavy atom. The van der Waals surface area contributed by atoms with E-state index in [1.165, 1.54) is 31.2 Å². The van der Waals surface area contributed by atoms with Crippen molar-refractivity contribution in [2.24, 2.45) is 7.05 Å². The topological polar surface area (TPSA) is 37.2 Å². The van der Waals surface area contributed by atoms with Crippen LogP contribution in [0.1, 0.15) is 44.1 Å². The molecule has 1 aliphatic rings. The molecule has 1 aromatic rings. The lowest BCUT2D eigenvalue weighted by Crippen LogP contribution is -2.39. The average Bonchev–Trinajstić information content (AvgIpc) is 2.58. The lowest BCUT2D eigenvalue weighted by Gasteiger charge is -2.26. The molecule has 1 heterocycles. The van der Waals surface area contributed by atoms with Crippen molar-refractivity contribution in [1.29, 1.82) is 0 Å². The van der Waals surface area contributed by atoms with Gasteiger partial charge in [0, 0.05) is 32.5 Å². The fraction of sp³-hybridized carbons (Fsp3) is 0.714. The Kier molecular flexibility index (Phi) is 4.24. The molecular weight excluding hydrogens is 212 g/mol. The van der Waals surface area contributed by atoms with E-state index in [4.69, 9.17) is 0 Å². The minimum Gasteiger partial charge on any atom is -0.389 e. The van der Waals surface area contributed by atoms with Crippen LogP contribution in [0.3, 0.4) is 0 Å². The summed E-state index contributed by atoms with van der Waals surface area (Å²) < 4.78 is 2.05. The van der Waals surface area contributed by atoms with Crippen molar-refractivity contribution in [3.8, 4) is 0 Å². The van der Waals surface area contributed by atoms with Crippen molar-refractivity contribution in [2.75, 3.05) is 6.54 Å². The Morgan fingerprint density at radius 3 is 2.59 bits per heavy atom. The van der Waals surface area contributed by atoms with Crippen LogP contribution >= 0.6 is 0 Å². The molecule has 0 aromatic carbocycles. The Bertz CT molecular complexity index is 338. The van der Waals surface area contributed by atoms with Crippen LogP contribution in [0.25, 0.3) is 0 Å². The first-order chi connectivity index (χ1) is 8.18. The van der Waals surface area contributed by atoms with Gasteiger partial charge in [0.1, 0.15) is 0 Å². The Morgan fingerprint density at radius 1 is 1.29 bits per heavy atom. The summed E-state index contributed by atoms with van der Waals surface area (Å²) in [4.78, 5) is 0. The molecule has 0 radical (unpaired) electrons. The van der Waals surface area contributed by atoms with Crippen LogP contribution in [0.2, 0.25) is 0 Å². The quantitative estimate of drug-likeness (QED) is 0.786. The minimum absolute atomic E-state index is 0.467. The molecule has 2 N–H and O–H groups in total. The molecule has 1 aliphatic carbocycles. The first-order valence-electron chi connectivity index (χ1n) is 6.72. The highest BCUT2D eigenvalue weighted by Gasteiger charge is 2.27. The molecule has 1 saturated carbocycles. The Labute approximate surface area is 104 Å². The maximum atomic E-state index is 10.5. The third-order valence-electron chi connectivity index (χ3n) is 3.71. The largest absolute Gasteiger partial charge is 0.389 e. The number of hydrogen-bond acceptors (Lipinski definition) is 2. The number of aromatic nitrogens is 1. The van der Waals surface area contributed by atoms with Crippen LogP contribution in [-0.4, -0.2) is 21.8 Å². The van der Waals surface area contributed by atoms with Gasteiger partial charge in [-0.25, -0.2) is 0 Å². The highest BCUT2D eigenvalue weighted by Crippen LogP contribution is 2.26. The summed E-state index contributed by atoms with van der Waals surface area (Å²) in [6, 6.07) is 2.12. The summed E-state index contributed by atoms with van der Waals surface area (Å²) in [5.41, 5.74) is 0.815. The van der Waals surface area contributed by atoms with Gasteiger partial charge in [-0.2, -0.15) is 0 Å². The van der Waals surface area contributed by atoms with Gasteiger partial charge in [-0.05, 0) is 24.5 Å². The van der Waals surface area contributed by atoms with E-state index in [0.717, 1.165) is 25.9 Å². The first kappa shape index (κ1) is 12.7. The average molecular weight is 236 g/mol. The summed E-state index contributed by atoms with van der Waals surface area (Å²) in [5, 5.41) is 13.9. The smallest absolute Gasteiger partial charge is 0.0771 e. The van der Waals surface area contributed by atoms with E-state index >= 15 is 0 Å². The molecule has 0 saturated heterocycles. The van der Waals surface area contributed by atoms with Crippen LogP contribution < -0.4 is 5.32 Å². The summed E-state index contributed by atoms with van der Waals surface area (Å²) in [5.74, 6) is 0. The number of aryl methyl sites for hydroxylation is 1.